The molecule has 0 fully saturated rings. The third kappa shape index (κ3) is 6.24. The highest BCUT2D eigenvalue weighted by atomic mass is 32.2. The van der Waals surface area contributed by atoms with Gasteiger partial charge in [0.25, 0.3) is 0 Å². The summed E-state index contributed by atoms with van der Waals surface area (Å²) in [5.74, 6) is 1.08. The lowest BCUT2D eigenvalue weighted by atomic mass is 10.00. The van der Waals surface area contributed by atoms with E-state index in [1.165, 1.54) is 17.3 Å². The highest BCUT2D eigenvalue weighted by Crippen LogP contribution is 2.18. The predicted molar refractivity (Wildman–Crippen MR) is 105 cm³/mol. The van der Waals surface area contributed by atoms with E-state index in [4.69, 9.17) is 0 Å². The molecular weight excluding hydrogens is 330 g/mol. The molecule has 1 amide bonds. The van der Waals surface area contributed by atoms with Gasteiger partial charge in [0.05, 0.1) is 11.8 Å². The third-order valence-electron chi connectivity index (χ3n) is 3.98. The largest absolute Gasteiger partial charge is 0.349 e. The van der Waals surface area contributed by atoms with E-state index in [0.717, 1.165) is 30.1 Å². The van der Waals surface area contributed by atoms with Gasteiger partial charge >= 0.3 is 0 Å². The highest BCUT2D eigenvalue weighted by Gasteiger charge is 2.12. The van der Waals surface area contributed by atoms with Crippen molar-refractivity contribution in [2.45, 2.75) is 58.3 Å². The molecule has 2 rings (SSSR count). The molecule has 136 valence electrons. The Bertz CT molecular complexity index is 664. The number of amides is 1. The van der Waals surface area contributed by atoms with Crippen LogP contribution in [-0.2, 0) is 17.8 Å². The van der Waals surface area contributed by atoms with Crippen molar-refractivity contribution in [3.63, 3.8) is 0 Å². The number of benzene rings is 1. The summed E-state index contributed by atoms with van der Waals surface area (Å²) in [7, 11) is 0. The summed E-state index contributed by atoms with van der Waals surface area (Å²) in [6.07, 6.45) is 5.89. The van der Waals surface area contributed by atoms with E-state index in [1.807, 2.05) is 13.1 Å². The normalized spacial score (nSPS) is 12.4. The van der Waals surface area contributed by atoms with Crippen LogP contribution >= 0.6 is 11.8 Å². The van der Waals surface area contributed by atoms with Crippen LogP contribution in [0.4, 0.5) is 0 Å². The Balaban J connectivity index is 1.84. The maximum absolute atomic E-state index is 12.2. The quantitative estimate of drug-likeness (QED) is 0.672. The fourth-order valence-electron chi connectivity index (χ4n) is 2.76. The Labute approximate surface area is 155 Å². The predicted octanol–water partition coefficient (Wildman–Crippen LogP) is 4.46. The molecule has 0 aliphatic carbocycles. The fraction of sp³-hybridized carbons (Fsp3) is 0.500. The van der Waals surface area contributed by atoms with Crippen LogP contribution in [0.2, 0.25) is 0 Å². The molecule has 25 heavy (non-hydrogen) atoms. The molecular formula is C20H29N3OS. The van der Waals surface area contributed by atoms with E-state index in [0.29, 0.717) is 11.7 Å². The molecule has 0 spiro atoms. The van der Waals surface area contributed by atoms with Crippen molar-refractivity contribution in [1.82, 2.24) is 14.9 Å². The van der Waals surface area contributed by atoms with E-state index in [2.05, 4.69) is 59.9 Å². The lowest BCUT2D eigenvalue weighted by Crippen LogP contribution is -2.28. The van der Waals surface area contributed by atoms with Crippen molar-refractivity contribution < 1.29 is 4.79 Å². The lowest BCUT2D eigenvalue weighted by molar-refractivity contribution is -0.119. The van der Waals surface area contributed by atoms with Gasteiger partial charge in [0.1, 0.15) is 0 Å². The molecule has 5 heteroatoms. The molecule has 1 unspecified atom stereocenters. The zero-order chi connectivity index (χ0) is 18.2. The summed E-state index contributed by atoms with van der Waals surface area (Å²) in [5, 5.41) is 3.98. The molecule has 0 aliphatic heterocycles. The number of hydrogen-bond acceptors (Lipinski definition) is 3. The number of carbonyl (C=O) groups excluding carboxylic acids is 1. The number of nitrogens with zero attached hydrogens (tertiary/aromatic N) is 2. The van der Waals surface area contributed by atoms with E-state index in [1.54, 1.807) is 6.20 Å². The second-order valence-corrected chi connectivity index (χ2v) is 7.76. The Morgan fingerprint density at radius 3 is 2.60 bits per heavy atom. The molecule has 1 aromatic carbocycles. The van der Waals surface area contributed by atoms with E-state index >= 15 is 0 Å². The summed E-state index contributed by atoms with van der Waals surface area (Å²) in [6.45, 7) is 9.54. The molecule has 0 bridgehead atoms. The average molecular weight is 360 g/mol. The molecule has 0 aliphatic rings. The van der Waals surface area contributed by atoms with Crippen molar-refractivity contribution in [1.29, 1.82) is 0 Å². The first-order valence-electron chi connectivity index (χ1n) is 9.01. The molecule has 0 saturated carbocycles. The van der Waals surface area contributed by atoms with Gasteiger partial charge in [-0.05, 0) is 36.8 Å². The monoisotopic (exact) mass is 359 g/mol. The Hall–Kier alpha value is -1.75. The standard InChI is InChI=1S/C20H29N3OS/c1-5-11-23-12-10-21-20(23)25-14-19(24)22-16(4)18-8-6-17(7-9-18)13-15(2)3/h6-10,12,15-16H,5,11,13-14H2,1-4H3,(H,22,24). The SMILES string of the molecule is CCCn1ccnc1SCC(=O)NC(C)c1ccc(CC(C)C)cc1. The number of carbonyl (C=O) groups is 1. The first-order chi connectivity index (χ1) is 12.0. The van der Waals surface area contributed by atoms with Gasteiger partial charge in [0, 0.05) is 18.9 Å². The fourth-order valence-corrected chi connectivity index (χ4v) is 3.55. The minimum absolute atomic E-state index is 0.0107. The summed E-state index contributed by atoms with van der Waals surface area (Å²) < 4.78 is 2.09. The number of imidazole rings is 1. The third-order valence-corrected chi connectivity index (χ3v) is 4.98. The molecule has 4 nitrogen and oxygen atoms in total. The van der Waals surface area contributed by atoms with Gasteiger partial charge in [0.15, 0.2) is 5.16 Å². The molecule has 2 aromatic rings. The first-order valence-corrected chi connectivity index (χ1v) is 10.00. The van der Waals surface area contributed by atoms with Gasteiger partial charge in [-0.15, -0.1) is 0 Å². The van der Waals surface area contributed by atoms with E-state index < -0.39 is 0 Å². The van der Waals surface area contributed by atoms with Crippen molar-refractivity contribution in [2.75, 3.05) is 5.75 Å². The Morgan fingerprint density at radius 1 is 1.24 bits per heavy atom. The first kappa shape index (κ1) is 19.6. The molecule has 1 aromatic heterocycles. The van der Waals surface area contributed by atoms with Gasteiger partial charge in [0.2, 0.25) is 5.91 Å². The van der Waals surface area contributed by atoms with Crippen molar-refractivity contribution in [2.24, 2.45) is 5.92 Å². The minimum Gasteiger partial charge on any atom is -0.349 e. The Morgan fingerprint density at radius 2 is 1.96 bits per heavy atom. The summed E-state index contributed by atoms with van der Waals surface area (Å²) in [5.41, 5.74) is 2.48. The van der Waals surface area contributed by atoms with Gasteiger partial charge in [-0.1, -0.05) is 56.8 Å². The van der Waals surface area contributed by atoms with E-state index in [9.17, 15) is 4.79 Å². The average Bonchev–Trinajstić information content (AvgIpc) is 3.00. The molecule has 0 saturated heterocycles. The van der Waals surface area contributed by atoms with Gasteiger partial charge in [-0.2, -0.15) is 0 Å². The molecule has 1 atom stereocenters. The maximum atomic E-state index is 12.2. The Kier molecular flexibility index (Phi) is 7.56. The van der Waals surface area contributed by atoms with Crippen LogP contribution in [0, 0.1) is 5.92 Å². The van der Waals surface area contributed by atoms with Crippen molar-refractivity contribution in [3.05, 3.63) is 47.8 Å². The summed E-state index contributed by atoms with van der Waals surface area (Å²) in [4.78, 5) is 16.6. The number of thioether (sulfide) groups is 1. The van der Waals surface area contributed by atoms with Gasteiger partial charge in [-0.3, -0.25) is 4.79 Å². The maximum Gasteiger partial charge on any atom is 0.230 e. The smallest absolute Gasteiger partial charge is 0.230 e. The highest BCUT2D eigenvalue weighted by molar-refractivity contribution is 7.99. The second-order valence-electron chi connectivity index (χ2n) is 6.82. The van der Waals surface area contributed by atoms with Gasteiger partial charge in [-0.25, -0.2) is 4.98 Å². The number of aromatic nitrogens is 2. The van der Waals surface area contributed by atoms with Crippen LogP contribution < -0.4 is 5.32 Å². The van der Waals surface area contributed by atoms with Crippen LogP contribution in [0.25, 0.3) is 0 Å². The number of rotatable bonds is 9. The minimum atomic E-state index is 0.0107. The zero-order valence-electron chi connectivity index (χ0n) is 15.7. The van der Waals surface area contributed by atoms with Crippen molar-refractivity contribution >= 4 is 17.7 Å². The topological polar surface area (TPSA) is 46.9 Å². The second kappa shape index (κ2) is 9.66. The van der Waals surface area contributed by atoms with Crippen LogP contribution in [0.5, 0.6) is 0 Å². The molecule has 0 radical (unpaired) electrons. The lowest BCUT2D eigenvalue weighted by Gasteiger charge is -2.15. The van der Waals surface area contributed by atoms with Crippen LogP contribution in [0.3, 0.4) is 0 Å². The van der Waals surface area contributed by atoms with Gasteiger partial charge < -0.3 is 9.88 Å². The number of nitrogens with one attached hydrogen (secondary N) is 1. The summed E-state index contributed by atoms with van der Waals surface area (Å²) in [6, 6.07) is 8.56. The van der Waals surface area contributed by atoms with E-state index in [-0.39, 0.29) is 11.9 Å². The summed E-state index contributed by atoms with van der Waals surface area (Å²) >= 11 is 1.49. The van der Waals surface area contributed by atoms with Crippen LogP contribution in [-0.4, -0.2) is 21.2 Å². The molecule has 1 heterocycles. The van der Waals surface area contributed by atoms with Crippen molar-refractivity contribution in [3.8, 4) is 0 Å². The van der Waals surface area contributed by atoms with Crippen LogP contribution in [0.15, 0.2) is 41.8 Å². The zero-order valence-corrected chi connectivity index (χ0v) is 16.5. The number of aryl methyl sites for hydroxylation is 1. The molecule has 1 N–H and O–H groups in total. The number of hydrogen-bond donors (Lipinski definition) is 1. The van der Waals surface area contributed by atoms with Crippen LogP contribution in [0.1, 0.15) is 51.3 Å².